The number of methoxy groups -OCH3 is 1. The molecule has 2 heterocycles. The van der Waals surface area contributed by atoms with Crippen LogP contribution >= 0.6 is 0 Å². The standard InChI is InChI=1S/C20H18N4O3/c1-27-20(26)15-8-7-13-9-10-24(12-16(13)11-15)19(25)18-17(21-23-22-18)14-5-3-2-4-6-14/h2-8,11H,9-10,12H2,1H3,(H,21,22,23). The van der Waals surface area contributed by atoms with Gasteiger partial charge in [0.2, 0.25) is 0 Å². The molecule has 0 unspecified atom stereocenters. The maximum absolute atomic E-state index is 13.1. The summed E-state index contributed by atoms with van der Waals surface area (Å²) in [6.45, 7) is 1.00. The van der Waals surface area contributed by atoms with E-state index in [1.807, 2.05) is 36.4 Å². The largest absolute Gasteiger partial charge is 0.465 e. The Morgan fingerprint density at radius 2 is 1.89 bits per heavy atom. The third-order valence-corrected chi connectivity index (χ3v) is 4.72. The molecule has 27 heavy (non-hydrogen) atoms. The number of carbonyl (C=O) groups excluding carboxylic acids is 2. The summed E-state index contributed by atoms with van der Waals surface area (Å²) < 4.78 is 4.78. The van der Waals surface area contributed by atoms with Gasteiger partial charge in [0.25, 0.3) is 5.91 Å². The van der Waals surface area contributed by atoms with Crippen LogP contribution in [0.25, 0.3) is 11.3 Å². The quantitative estimate of drug-likeness (QED) is 0.723. The second-order valence-electron chi connectivity index (χ2n) is 6.34. The minimum absolute atomic E-state index is 0.184. The molecule has 7 heteroatoms. The van der Waals surface area contributed by atoms with Crippen LogP contribution in [0.5, 0.6) is 0 Å². The summed E-state index contributed by atoms with van der Waals surface area (Å²) in [5.74, 6) is -0.569. The highest BCUT2D eigenvalue weighted by molar-refractivity contribution is 5.98. The number of hydrogen-bond donors (Lipinski definition) is 1. The van der Waals surface area contributed by atoms with Gasteiger partial charge in [-0.25, -0.2) is 4.79 Å². The van der Waals surface area contributed by atoms with Crippen LogP contribution in [0.4, 0.5) is 0 Å². The summed E-state index contributed by atoms with van der Waals surface area (Å²) >= 11 is 0. The molecule has 0 saturated heterocycles. The molecule has 0 fully saturated rings. The molecule has 1 amide bonds. The van der Waals surface area contributed by atoms with Gasteiger partial charge in [0.05, 0.1) is 12.7 Å². The molecule has 1 N–H and O–H groups in total. The van der Waals surface area contributed by atoms with Gasteiger partial charge < -0.3 is 9.64 Å². The first-order valence-corrected chi connectivity index (χ1v) is 8.63. The molecule has 136 valence electrons. The number of carbonyl (C=O) groups is 2. The van der Waals surface area contributed by atoms with Crippen molar-refractivity contribution in [3.8, 4) is 11.3 Å². The monoisotopic (exact) mass is 362 g/mol. The van der Waals surface area contributed by atoms with Gasteiger partial charge >= 0.3 is 5.97 Å². The molecule has 4 rings (SSSR count). The van der Waals surface area contributed by atoms with E-state index in [1.165, 1.54) is 7.11 Å². The summed E-state index contributed by atoms with van der Waals surface area (Å²) in [6.07, 6.45) is 0.723. The Kier molecular flexibility index (Phi) is 4.42. The van der Waals surface area contributed by atoms with Crippen molar-refractivity contribution < 1.29 is 14.3 Å². The van der Waals surface area contributed by atoms with Crippen molar-refractivity contribution in [2.45, 2.75) is 13.0 Å². The Morgan fingerprint density at radius 1 is 1.07 bits per heavy atom. The van der Waals surface area contributed by atoms with Crippen molar-refractivity contribution in [3.05, 3.63) is 70.9 Å². The number of benzene rings is 2. The number of ether oxygens (including phenoxy) is 1. The molecule has 1 aliphatic rings. The number of aromatic nitrogens is 3. The van der Waals surface area contributed by atoms with Gasteiger partial charge in [-0.1, -0.05) is 36.4 Å². The lowest BCUT2D eigenvalue weighted by Crippen LogP contribution is -2.36. The zero-order valence-electron chi connectivity index (χ0n) is 14.8. The van der Waals surface area contributed by atoms with Gasteiger partial charge in [0.15, 0.2) is 5.69 Å². The van der Waals surface area contributed by atoms with Crippen LogP contribution in [-0.2, 0) is 17.7 Å². The van der Waals surface area contributed by atoms with Crippen molar-refractivity contribution in [2.75, 3.05) is 13.7 Å². The van der Waals surface area contributed by atoms with Crippen molar-refractivity contribution in [1.82, 2.24) is 20.3 Å². The van der Waals surface area contributed by atoms with E-state index in [-0.39, 0.29) is 11.9 Å². The Morgan fingerprint density at radius 3 is 2.67 bits per heavy atom. The number of nitrogens with one attached hydrogen (secondary N) is 1. The second-order valence-corrected chi connectivity index (χ2v) is 6.34. The first-order chi connectivity index (χ1) is 13.2. The fourth-order valence-electron chi connectivity index (χ4n) is 3.30. The highest BCUT2D eigenvalue weighted by atomic mass is 16.5. The van der Waals surface area contributed by atoms with Gasteiger partial charge in [-0.15, -0.1) is 0 Å². The highest BCUT2D eigenvalue weighted by Gasteiger charge is 2.27. The number of esters is 1. The Labute approximate surface area is 156 Å². The van der Waals surface area contributed by atoms with Crippen molar-refractivity contribution in [3.63, 3.8) is 0 Å². The maximum atomic E-state index is 13.1. The van der Waals surface area contributed by atoms with E-state index in [2.05, 4.69) is 15.4 Å². The molecule has 2 aromatic carbocycles. The smallest absolute Gasteiger partial charge is 0.337 e. The summed E-state index contributed by atoms with van der Waals surface area (Å²) in [5, 5.41) is 10.8. The van der Waals surface area contributed by atoms with Crippen LogP contribution in [0.3, 0.4) is 0 Å². The van der Waals surface area contributed by atoms with E-state index < -0.39 is 0 Å². The number of rotatable bonds is 3. The van der Waals surface area contributed by atoms with Crippen molar-refractivity contribution in [2.24, 2.45) is 0 Å². The number of fused-ring (bicyclic) bond motifs is 1. The lowest BCUT2D eigenvalue weighted by molar-refractivity contribution is 0.0600. The molecule has 3 aromatic rings. The zero-order chi connectivity index (χ0) is 18.8. The number of amides is 1. The lowest BCUT2D eigenvalue weighted by Gasteiger charge is -2.28. The Hall–Kier alpha value is -3.48. The van der Waals surface area contributed by atoms with E-state index >= 15 is 0 Å². The number of hydrogen-bond acceptors (Lipinski definition) is 5. The molecule has 0 radical (unpaired) electrons. The van der Waals surface area contributed by atoms with E-state index in [0.717, 1.165) is 23.1 Å². The van der Waals surface area contributed by atoms with Crippen LogP contribution in [0.2, 0.25) is 0 Å². The minimum atomic E-state index is -0.385. The van der Waals surface area contributed by atoms with E-state index in [1.54, 1.807) is 17.0 Å². The van der Waals surface area contributed by atoms with Gasteiger partial charge in [0.1, 0.15) is 5.69 Å². The average Bonchev–Trinajstić information content (AvgIpc) is 3.22. The molecule has 1 aliphatic heterocycles. The van der Waals surface area contributed by atoms with Crippen LogP contribution in [0, 0.1) is 0 Å². The molecular formula is C20H18N4O3. The molecule has 0 atom stereocenters. The number of nitrogens with zero attached hydrogens (tertiary/aromatic N) is 3. The topological polar surface area (TPSA) is 88.2 Å². The van der Waals surface area contributed by atoms with Crippen LogP contribution < -0.4 is 0 Å². The van der Waals surface area contributed by atoms with Crippen molar-refractivity contribution >= 4 is 11.9 Å². The highest BCUT2D eigenvalue weighted by Crippen LogP contribution is 2.25. The summed E-state index contributed by atoms with van der Waals surface area (Å²) in [5.41, 5.74) is 4.23. The molecular weight excluding hydrogens is 344 g/mol. The molecule has 0 bridgehead atoms. The average molecular weight is 362 g/mol. The molecule has 0 saturated carbocycles. The summed E-state index contributed by atoms with van der Waals surface area (Å²) in [6, 6.07) is 15.0. The van der Waals surface area contributed by atoms with Crippen molar-refractivity contribution in [1.29, 1.82) is 0 Å². The molecule has 0 spiro atoms. The summed E-state index contributed by atoms with van der Waals surface area (Å²) in [4.78, 5) is 26.6. The number of H-pyrrole nitrogens is 1. The predicted molar refractivity (Wildman–Crippen MR) is 98.0 cm³/mol. The third-order valence-electron chi connectivity index (χ3n) is 4.72. The van der Waals surface area contributed by atoms with Crippen LogP contribution in [0.1, 0.15) is 32.0 Å². The molecule has 1 aromatic heterocycles. The Bertz CT molecular complexity index is 997. The Balaban J connectivity index is 1.61. The number of aromatic amines is 1. The first kappa shape index (κ1) is 17.0. The second kappa shape index (κ2) is 7.03. The normalized spacial score (nSPS) is 13.1. The van der Waals surface area contributed by atoms with Gasteiger partial charge in [-0.2, -0.15) is 15.4 Å². The van der Waals surface area contributed by atoms with Gasteiger partial charge in [-0.3, -0.25) is 4.79 Å². The predicted octanol–water partition coefficient (Wildman–Crippen LogP) is 2.46. The van der Waals surface area contributed by atoms with E-state index in [0.29, 0.717) is 30.0 Å². The van der Waals surface area contributed by atoms with E-state index in [9.17, 15) is 9.59 Å². The minimum Gasteiger partial charge on any atom is -0.465 e. The molecule has 7 nitrogen and oxygen atoms in total. The third kappa shape index (κ3) is 3.19. The van der Waals surface area contributed by atoms with Crippen LogP contribution in [0.15, 0.2) is 48.5 Å². The first-order valence-electron chi connectivity index (χ1n) is 8.63. The lowest BCUT2D eigenvalue weighted by atomic mass is 9.97. The maximum Gasteiger partial charge on any atom is 0.337 e. The molecule has 0 aliphatic carbocycles. The van der Waals surface area contributed by atoms with Gasteiger partial charge in [0, 0.05) is 18.7 Å². The fourth-order valence-corrected chi connectivity index (χ4v) is 3.30. The van der Waals surface area contributed by atoms with Gasteiger partial charge in [-0.05, 0) is 29.7 Å². The zero-order valence-corrected chi connectivity index (χ0v) is 14.8. The SMILES string of the molecule is COC(=O)c1ccc2c(c1)CN(C(=O)c1n[nH]nc1-c1ccccc1)CC2. The van der Waals surface area contributed by atoms with E-state index in [4.69, 9.17) is 4.74 Å². The summed E-state index contributed by atoms with van der Waals surface area (Å²) in [7, 11) is 1.35. The fraction of sp³-hybridized carbons (Fsp3) is 0.200. The van der Waals surface area contributed by atoms with Crippen LogP contribution in [-0.4, -0.2) is 45.8 Å².